The zero-order valence-corrected chi connectivity index (χ0v) is 20.8. The molecule has 37 heavy (non-hydrogen) atoms. The van der Waals surface area contributed by atoms with Crippen LogP contribution in [0.3, 0.4) is 0 Å². The number of hydrogen-bond donors (Lipinski definition) is 3. The van der Waals surface area contributed by atoms with Crippen LogP contribution in [0.2, 0.25) is 0 Å². The topological polar surface area (TPSA) is 156 Å². The van der Waals surface area contributed by atoms with Gasteiger partial charge < -0.3 is 19.8 Å². The number of aromatic hydroxyl groups is 1. The predicted molar refractivity (Wildman–Crippen MR) is 133 cm³/mol. The number of imidazole rings is 1. The number of nitrogens with one attached hydrogen (secondary N) is 2. The summed E-state index contributed by atoms with van der Waals surface area (Å²) < 4.78 is 6.49. The quantitative estimate of drug-likeness (QED) is 0.278. The number of hydrogen-bond acceptors (Lipinski definition) is 8. The maximum Gasteiger partial charge on any atom is 0.329 e. The lowest BCUT2D eigenvalue weighted by molar-refractivity contribution is -0.122. The Balaban J connectivity index is 1.43. The van der Waals surface area contributed by atoms with Crippen LogP contribution in [0.5, 0.6) is 5.88 Å². The number of amides is 1. The van der Waals surface area contributed by atoms with Gasteiger partial charge in [0, 0.05) is 18.3 Å². The second-order valence-electron chi connectivity index (χ2n) is 9.14. The smallest absolute Gasteiger partial charge is 0.329 e. The summed E-state index contributed by atoms with van der Waals surface area (Å²) in [6.07, 6.45) is 2.16. The molecule has 4 aromatic rings. The number of pyridine rings is 1. The van der Waals surface area contributed by atoms with E-state index in [1.807, 2.05) is 31.2 Å². The van der Waals surface area contributed by atoms with E-state index in [0.29, 0.717) is 12.1 Å². The molecule has 0 unspecified atom stereocenters. The lowest BCUT2D eigenvalue weighted by Gasteiger charge is -2.19. The van der Waals surface area contributed by atoms with Crippen LogP contribution in [0.1, 0.15) is 52.9 Å². The second kappa shape index (κ2) is 11.0. The van der Waals surface area contributed by atoms with Gasteiger partial charge in [0.05, 0.1) is 18.2 Å². The van der Waals surface area contributed by atoms with Crippen molar-refractivity contribution in [2.45, 2.75) is 46.2 Å². The Morgan fingerprint density at radius 3 is 2.65 bits per heavy atom. The molecule has 0 bridgehead atoms. The number of H-pyrrole nitrogens is 1. The third kappa shape index (κ3) is 6.18. The van der Waals surface area contributed by atoms with E-state index in [1.54, 1.807) is 38.2 Å². The molecule has 0 aliphatic carbocycles. The Kier molecular flexibility index (Phi) is 7.61. The van der Waals surface area contributed by atoms with Crippen LogP contribution in [0.15, 0.2) is 57.9 Å². The normalized spacial score (nSPS) is 12.0. The highest BCUT2D eigenvalue weighted by molar-refractivity contribution is 5.98. The van der Waals surface area contributed by atoms with Gasteiger partial charge in [0.15, 0.2) is 0 Å². The van der Waals surface area contributed by atoms with E-state index < -0.39 is 30.0 Å². The molecule has 3 N–H and O–H groups in total. The van der Waals surface area contributed by atoms with E-state index in [9.17, 15) is 19.5 Å². The van der Waals surface area contributed by atoms with Gasteiger partial charge in [-0.1, -0.05) is 49.7 Å². The minimum absolute atomic E-state index is 0.186. The average molecular weight is 505 g/mol. The van der Waals surface area contributed by atoms with E-state index >= 15 is 0 Å². The number of nitrogens with zero attached hydrogens (tertiary/aromatic N) is 4. The van der Waals surface area contributed by atoms with Crippen LogP contribution in [0.4, 0.5) is 0 Å². The molecule has 1 aromatic carbocycles. The van der Waals surface area contributed by atoms with Gasteiger partial charge in [-0.25, -0.2) is 4.79 Å². The first-order valence-electron chi connectivity index (χ1n) is 11.8. The van der Waals surface area contributed by atoms with Gasteiger partial charge in [0.2, 0.25) is 23.5 Å². The van der Waals surface area contributed by atoms with Crippen LogP contribution in [0, 0.1) is 12.8 Å². The standard InChI is InChI=1S/C26H28N6O5/c1-15(2)22(23(34)24-31-30-21(37-24)12-17-8-6-7-16(3)11-17)29-20(33)14-32-25(35)19(28-26(32)36)13-18-9-4-5-10-27-18/h4-11,15,22,35H,12-14H2,1-3H3,(H,28,36)(H,29,33)/t22-/m0/s1. The van der Waals surface area contributed by atoms with Gasteiger partial charge in [-0.05, 0) is 30.5 Å². The van der Waals surface area contributed by atoms with E-state index in [-0.39, 0.29) is 35.7 Å². The molecule has 1 atom stereocenters. The zero-order chi connectivity index (χ0) is 26.5. The average Bonchev–Trinajstić information content (AvgIpc) is 3.42. The summed E-state index contributed by atoms with van der Waals surface area (Å²) in [5.41, 5.74) is 2.29. The first-order valence-corrected chi connectivity index (χ1v) is 11.8. The fraction of sp³-hybridized carbons (Fsp3) is 0.308. The Morgan fingerprint density at radius 2 is 1.95 bits per heavy atom. The van der Waals surface area contributed by atoms with Crippen molar-refractivity contribution in [1.82, 2.24) is 30.0 Å². The maximum atomic E-state index is 13.1. The molecule has 11 heteroatoms. The Bertz CT molecular complexity index is 1450. The van der Waals surface area contributed by atoms with Crippen molar-refractivity contribution in [2.75, 3.05) is 0 Å². The zero-order valence-electron chi connectivity index (χ0n) is 20.8. The van der Waals surface area contributed by atoms with Crippen LogP contribution in [-0.2, 0) is 24.2 Å². The molecular weight excluding hydrogens is 476 g/mol. The summed E-state index contributed by atoms with van der Waals surface area (Å²) in [5.74, 6) is -1.76. The molecule has 0 saturated heterocycles. The number of carbonyl (C=O) groups is 2. The number of benzene rings is 1. The molecule has 0 saturated carbocycles. The van der Waals surface area contributed by atoms with Crippen molar-refractivity contribution in [3.63, 3.8) is 0 Å². The number of Topliss-reactive ketones (excluding diaryl/α,β-unsaturated/α-hetero) is 1. The van der Waals surface area contributed by atoms with Crippen molar-refractivity contribution < 1.29 is 19.1 Å². The molecule has 3 heterocycles. The summed E-state index contributed by atoms with van der Waals surface area (Å²) in [6.45, 7) is 5.02. The van der Waals surface area contributed by atoms with Crippen molar-refractivity contribution in [2.24, 2.45) is 5.92 Å². The fourth-order valence-corrected chi connectivity index (χ4v) is 3.92. The Morgan fingerprint density at radius 1 is 1.14 bits per heavy atom. The minimum Gasteiger partial charge on any atom is -0.493 e. The number of aromatic nitrogens is 5. The summed E-state index contributed by atoms with van der Waals surface area (Å²) in [6, 6.07) is 12.2. The lowest BCUT2D eigenvalue weighted by atomic mass is 9.99. The molecule has 4 rings (SSSR count). The molecule has 0 radical (unpaired) electrons. The van der Waals surface area contributed by atoms with Crippen LogP contribution < -0.4 is 11.0 Å². The number of carbonyl (C=O) groups excluding carboxylic acids is 2. The van der Waals surface area contributed by atoms with Crippen molar-refractivity contribution >= 4 is 11.7 Å². The first-order chi connectivity index (χ1) is 17.7. The number of rotatable bonds is 10. The van der Waals surface area contributed by atoms with Gasteiger partial charge in [0.1, 0.15) is 6.54 Å². The van der Waals surface area contributed by atoms with E-state index in [2.05, 4.69) is 25.5 Å². The highest BCUT2D eigenvalue weighted by Crippen LogP contribution is 2.17. The summed E-state index contributed by atoms with van der Waals surface area (Å²) in [5, 5.41) is 21.0. The summed E-state index contributed by atoms with van der Waals surface area (Å²) in [4.78, 5) is 45.0. The largest absolute Gasteiger partial charge is 0.493 e. The van der Waals surface area contributed by atoms with E-state index in [1.165, 1.54) is 0 Å². The van der Waals surface area contributed by atoms with Crippen LogP contribution in [-0.4, -0.2) is 47.6 Å². The number of aromatic amines is 1. The second-order valence-corrected chi connectivity index (χ2v) is 9.14. The van der Waals surface area contributed by atoms with Gasteiger partial charge in [-0.2, -0.15) is 0 Å². The molecule has 192 valence electrons. The predicted octanol–water partition coefficient (Wildman–Crippen LogP) is 2.17. The molecule has 3 aromatic heterocycles. The molecular formula is C26H28N6O5. The third-order valence-corrected chi connectivity index (χ3v) is 5.80. The van der Waals surface area contributed by atoms with Crippen LogP contribution >= 0.6 is 0 Å². The van der Waals surface area contributed by atoms with Gasteiger partial charge in [-0.3, -0.25) is 19.1 Å². The third-order valence-electron chi connectivity index (χ3n) is 5.80. The molecule has 0 fully saturated rings. The van der Waals surface area contributed by atoms with Crippen molar-refractivity contribution in [1.29, 1.82) is 0 Å². The van der Waals surface area contributed by atoms with Gasteiger partial charge >= 0.3 is 5.69 Å². The maximum absolute atomic E-state index is 13.1. The van der Waals surface area contributed by atoms with Crippen LogP contribution in [0.25, 0.3) is 0 Å². The number of aryl methyl sites for hydroxylation is 1. The molecule has 0 aliphatic rings. The molecule has 0 aliphatic heterocycles. The molecule has 1 amide bonds. The fourth-order valence-electron chi connectivity index (χ4n) is 3.92. The van der Waals surface area contributed by atoms with E-state index in [4.69, 9.17) is 4.42 Å². The SMILES string of the molecule is Cc1cccc(Cc2nnc(C(=O)[C@@H](NC(=O)Cn3c(O)c(Cc4ccccn4)[nH]c3=O)C(C)C)o2)c1. The summed E-state index contributed by atoms with van der Waals surface area (Å²) in [7, 11) is 0. The van der Waals surface area contributed by atoms with Crippen molar-refractivity contribution in [3.8, 4) is 5.88 Å². The minimum atomic E-state index is -0.968. The number of ketones is 1. The lowest BCUT2D eigenvalue weighted by Crippen LogP contribution is -2.46. The highest BCUT2D eigenvalue weighted by Gasteiger charge is 2.30. The van der Waals surface area contributed by atoms with Gasteiger partial charge in [0.25, 0.3) is 5.89 Å². The highest BCUT2D eigenvalue weighted by atomic mass is 16.4. The first kappa shape index (κ1) is 25.5. The summed E-state index contributed by atoms with van der Waals surface area (Å²) >= 11 is 0. The Labute approximate surface area is 212 Å². The van der Waals surface area contributed by atoms with Gasteiger partial charge in [-0.15, -0.1) is 10.2 Å². The molecule has 11 nitrogen and oxygen atoms in total. The van der Waals surface area contributed by atoms with Crippen molar-refractivity contribution in [3.05, 3.63) is 93.4 Å². The monoisotopic (exact) mass is 504 g/mol. The Hall–Kier alpha value is -4.54. The van der Waals surface area contributed by atoms with E-state index in [0.717, 1.165) is 15.7 Å². The molecule has 0 spiro atoms.